The highest BCUT2D eigenvalue weighted by Gasteiger charge is 2.18. The lowest BCUT2D eigenvalue weighted by Crippen LogP contribution is -2.21. The molecule has 0 spiro atoms. The van der Waals surface area contributed by atoms with Crippen LogP contribution in [0.5, 0.6) is 0 Å². The molecule has 0 aromatic heterocycles. The number of aldehydes is 1. The van der Waals surface area contributed by atoms with Gasteiger partial charge in [0.05, 0.1) is 0 Å². The Balaban J connectivity index is 2.27. The van der Waals surface area contributed by atoms with E-state index in [0.717, 1.165) is 18.4 Å². The highest BCUT2D eigenvalue weighted by molar-refractivity contribution is 5.87. The summed E-state index contributed by atoms with van der Waals surface area (Å²) in [5, 5.41) is 0. The van der Waals surface area contributed by atoms with E-state index in [1.165, 1.54) is 22.4 Å². The normalized spacial score (nSPS) is 12.9. The number of hydrogen-bond acceptors (Lipinski definition) is 2. The highest BCUT2D eigenvalue weighted by atomic mass is 16.1. The predicted molar refractivity (Wildman–Crippen MR) is 69.4 cm³/mol. The first-order chi connectivity index (χ1) is 8.29. The minimum absolute atomic E-state index is 0.739. The second kappa shape index (κ2) is 3.74. The fourth-order valence-electron chi connectivity index (χ4n) is 2.43. The van der Waals surface area contributed by atoms with Crippen LogP contribution in [0, 0.1) is 0 Å². The zero-order valence-corrected chi connectivity index (χ0v) is 9.68. The van der Waals surface area contributed by atoms with Crippen LogP contribution in [-0.4, -0.2) is 13.3 Å². The zero-order valence-electron chi connectivity index (χ0n) is 9.68. The second-order valence-corrected chi connectivity index (χ2v) is 4.41. The van der Waals surface area contributed by atoms with Gasteiger partial charge in [-0.15, -0.1) is 0 Å². The summed E-state index contributed by atoms with van der Waals surface area (Å²) < 4.78 is 0. The lowest BCUT2D eigenvalue weighted by atomic mass is 9.92. The molecule has 2 heteroatoms. The van der Waals surface area contributed by atoms with Crippen molar-refractivity contribution in [2.75, 3.05) is 11.9 Å². The molecule has 0 saturated heterocycles. The van der Waals surface area contributed by atoms with E-state index in [1.54, 1.807) is 0 Å². The number of benzene rings is 2. The number of carbonyl (C=O) groups excluding carboxylic acids is 1. The molecule has 0 unspecified atom stereocenters. The van der Waals surface area contributed by atoms with Crippen LogP contribution < -0.4 is 4.90 Å². The number of nitrogens with zero attached hydrogens (tertiary/aromatic N) is 1. The van der Waals surface area contributed by atoms with Gasteiger partial charge < -0.3 is 4.90 Å². The SMILES string of the molecule is CN1Cc2ccc(C=O)cc2-c2ccccc21. The van der Waals surface area contributed by atoms with Gasteiger partial charge in [-0.2, -0.15) is 0 Å². The molecule has 1 aliphatic heterocycles. The molecule has 0 amide bonds. The zero-order chi connectivity index (χ0) is 11.8. The summed E-state index contributed by atoms with van der Waals surface area (Å²) in [6, 6.07) is 14.2. The van der Waals surface area contributed by atoms with Crippen molar-refractivity contribution in [3.05, 3.63) is 53.6 Å². The maximum atomic E-state index is 10.9. The third kappa shape index (κ3) is 1.53. The third-order valence-electron chi connectivity index (χ3n) is 3.28. The summed E-state index contributed by atoms with van der Waals surface area (Å²) in [6.45, 7) is 0.894. The Kier molecular flexibility index (Phi) is 2.22. The van der Waals surface area contributed by atoms with Crippen LogP contribution in [0.15, 0.2) is 42.5 Å². The molecule has 0 saturated carbocycles. The number of hydrogen-bond donors (Lipinski definition) is 0. The monoisotopic (exact) mass is 223 g/mol. The smallest absolute Gasteiger partial charge is 0.150 e. The van der Waals surface area contributed by atoms with E-state index in [-0.39, 0.29) is 0 Å². The minimum atomic E-state index is 0.739. The van der Waals surface area contributed by atoms with Crippen LogP contribution >= 0.6 is 0 Å². The Morgan fingerprint density at radius 3 is 2.76 bits per heavy atom. The summed E-state index contributed by atoms with van der Waals surface area (Å²) in [4.78, 5) is 13.1. The van der Waals surface area contributed by atoms with Crippen molar-refractivity contribution in [3.63, 3.8) is 0 Å². The summed E-state index contributed by atoms with van der Waals surface area (Å²) in [5.41, 5.74) is 5.63. The number of rotatable bonds is 1. The Morgan fingerprint density at radius 1 is 1.12 bits per heavy atom. The average Bonchev–Trinajstić information content (AvgIpc) is 2.39. The Labute approximate surface area is 100 Å². The number of anilines is 1. The van der Waals surface area contributed by atoms with Crippen LogP contribution in [0.3, 0.4) is 0 Å². The molecule has 0 fully saturated rings. The lowest BCUT2D eigenvalue weighted by Gasteiger charge is -2.29. The predicted octanol–water partition coefficient (Wildman–Crippen LogP) is 3.12. The van der Waals surface area contributed by atoms with E-state index < -0.39 is 0 Å². The third-order valence-corrected chi connectivity index (χ3v) is 3.28. The molecule has 17 heavy (non-hydrogen) atoms. The van der Waals surface area contributed by atoms with Gasteiger partial charge in [-0.25, -0.2) is 0 Å². The van der Waals surface area contributed by atoms with Gasteiger partial charge in [0.2, 0.25) is 0 Å². The van der Waals surface area contributed by atoms with Crippen molar-refractivity contribution >= 4 is 12.0 Å². The first-order valence-electron chi connectivity index (χ1n) is 5.68. The Hall–Kier alpha value is -2.09. The van der Waals surface area contributed by atoms with Crippen LogP contribution in [0.1, 0.15) is 15.9 Å². The van der Waals surface area contributed by atoms with Gasteiger partial charge in [0, 0.05) is 30.4 Å². The molecule has 0 radical (unpaired) electrons. The molecule has 2 nitrogen and oxygen atoms in total. The molecular weight excluding hydrogens is 210 g/mol. The molecule has 84 valence electrons. The van der Waals surface area contributed by atoms with Crippen molar-refractivity contribution in [3.8, 4) is 11.1 Å². The van der Waals surface area contributed by atoms with E-state index >= 15 is 0 Å². The first kappa shape index (κ1) is 10.1. The molecule has 2 aromatic carbocycles. The lowest BCUT2D eigenvalue weighted by molar-refractivity contribution is 0.112. The molecular formula is C15H13NO. The maximum Gasteiger partial charge on any atom is 0.150 e. The van der Waals surface area contributed by atoms with E-state index in [9.17, 15) is 4.79 Å². The molecule has 3 rings (SSSR count). The van der Waals surface area contributed by atoms with Crippen LogP contribution in [0.25, 0.3) is 11.1 Å². The molecule has 0 atom stereocenters. The van der Waals surface area contributed by atoms with Gasteiger partial charge in [-0.1, -0.05) is 30.3 Å². The second-order valence-electron chi connectivity index (χ2n) is 4.41. The van der Waals surface area contributed by atoms with Crippen molar-refractivity contribution in [1.82, 2.24) is 0 Å². The quantitative estimate of drug-likeness (QED) is 0.692. The van der Waals surface area contributed by atoms with Crippen molar-refractivity contribution in [2.45, 2.75) is 6.54 Å². The van der Waals surface area contributed by atoms with Crippen LogP contribution in [0.4, 0.5) is 5.69 Å². The summed E-state index contributed by atoms with van der Waals surface area (Å²) in [5.74, 6) is 0. The summed E-state index contributed by atoms with van der Waals surface area (Å²) in [7, 11) is 2.09. The van der Waals surface area contributed by atoms with E-state index in [4.69, 9.17) is 0 Å². The topological polar surface area (TPSA) is 20.3 Å². The molecule has 0 bridgehead atoms. The highest BCUT2D eigenvalue weighted by Crippen LogP contribution is 2.38. The van der Waals surface area contributed by atoms with Crippen molar-refractivity contribution < 1.29 is 4.79 Å². The van der Waals surface area contributed by atoms with E-state index in [1.807, 2.05) is 30.3 Å². The van der Waals surface area contributed by atoms with Gasteiger partial charge in [-0.05, 0) is 23.3 Å². The minimum Gasteiger partial charge on any atom is -0.370 e. The van der Waals surface area contributed by atoms with E-state index in [0.29, 0.717) is 0 Å². The first-order valence-corrected chi connectivity index (χ1v) is 5.68. The van der Waals surface area contributed by atoms with Gasteiger partial charge in [-0.3, -0.25) is 4.79 Å². The van der Waals surface area contributed by atoms with Gasteiger partial charge in [0.15, 0.2) is 0 Å². The van der Waals surface area contributed by atoms with Crippen LogP contribution in [-0.2, 0) is 6.54 Å². The largest absolute Gasteiger partial charge is 0.370 e. The fourth-order valence-corrected chi connectivity index (χ4v) is 2.43. The Morgan fingerprint density at radius 2 is 1.94 bits per heavy atom. The Bertz CT molecular complexity index is 589. The summed E-state index contributed by atoms with van der Waals surface area (Å²) in [6.07, 6.45) is 0.904. The summed E-state index contributed by atoms with van der Waals surface area (Å²) >= 11 is 0. The standard InChI is InChI=1S/C15H13NO/c1-16-9-12-7-6-11(10-17)8-14(12)13-4-2-3-5-15(13)16/h2-8,10H,9H2,1H3. The van der Waals surface area contributed by atoms with Gasteiger partial charge in [0.25, 0.3) is 0 Å². The van der Waals surface area contributed by atoms with Crippen molar-refractivity contribution in [2.24, 2.45) is 0 Å². The number of fused-ring (bicyclic) bond motifs is 3. The average molecular weight is 223 g/mol. The van der Waals surface area contributed by atoms with Crippen molar-refractivity contribution in [1.29, 1.82) is 0 Å². The molecule has 0 N–H and O–H groups in total. The molecule has 0 aliphatic carbocycles. The van der Waals surface area contributed by atoms with Crippen LogP contribution in [0.2, 0.25) is 0 Å². The molecule has 1 aliphatic rings. The molecule has 1 heterocycles. The van der Waals surface area contributed by atoms with Gasteiger partial charge in [0.1, 0.15) is 6.29 Å². The fraction of sp³-hybridized carbons (Fsp3) is 0.133. The van der Waals surface area contributed by atoms with E-state index in [2.05, 4.69) is 24.1 Å². The maximum absolute atomic E-state index is 10.9. The molecule has 2 aromatic rings. The van der Waals surface area contributed by atoms with Gasteiger partial charge >= 0.3 is 0 Å². The number of carbonyl (C=O) groups is 1. The number of para-hydroxylation sites is 1.